The van der Waals surface area contributed by atoms with Crippen LogP contribution in [0.5, 0.6) is 0 Å². The average Bonchev–Trinajstić information content (AvgIpc) is 1.98. The smallest absolute Gasteiger partial charge is 0.343 e. The van der Waals surface area contributed by atoms with Crippen molar-refractivity contribution in [2.75, 3.05) is 7.05 Å². The molecule has 1 N–H and O–H groups in total. The summed E-state index contributed by atoms with van der Waals surface area (Å²) in [4.78, 5) is 0. The molecule has 1 heterocycles. The molecule has 0 bridgehead atoms. The molecule has 2 nitrogen and oxygen atoms in total. The number of aliphatic hydroxyl groups is 1. The lowest BCUT2D eigenvalue weighted by Crippen LogP contribution is -2.07. The molecule has 50 valence electrons. The minimum absolute atomic E-state index is 0.463. The third-order valence-corrected chi connectivity index (χ3v) is 1.93. The minimum atomic E-state index is 0.463. The van der Waals surface area contributed by atoms with Crippen LogP contribution in [0.15, 0.2) is 11.3 Å². The predicted molar refractivity (Wildman–Crippen MR) is 36.8 cm³/mol. The zero-order chi connectivity index (χ0) is 7.02. The van der Waals surface area contributed by atoms with E-state index in [9.17, 15) is 0 Å². The van der Waals surface area contributed by atoms with Crippen LogP contribution < -0.4 is 0 Å². The molecule has 0 atom stereocenters. The molecule has 0 aliphatic carbocycles. The van der Waals surface area contributed by atoms with E-state index in [1.807, 2.05) is 25.5 Å². The van der Waals surface area contributed by atoms with Crippen LogP contribution in [-0.2, 0) is 0 Å². The van der Waals surface area contributed by atoms with Gasteiger partial charge in [-0.05, 0) is 6.92 Å². The maximum atomic E-state index is 9.14. The third kappa shape index (κ3) is 0.846. The Morgan fingerprint density at radius 2 is 2.00 bits per heavy atom. The lowest BCUT2D eigenvalue weighted by atomic mass is 10.2. The monoisotopic (exact) mass is 126 g/mol. The van der Waals surface area contributed by atoms with Crippen molar-refractivity contribution in [3.05, 3.63) is 11.3 Å². The summed E-state index contributed by atoms with van der Waals surface area (Å²) in [6.07, 6.45) is 0.725. The van der Waals surface area contributed by atoms with Crippen molar-refractivity contribution in [3.8, 4) is 0 Å². The van der Waals surface area contributed by atoms with E-state index in [1.165, 1.54) is 11.3 Å². The lowest BCUT2D eigenvalue weighted by Gasteiger charge is -1.87. The van der Waals surface area contributed by atoms with Crippen LogP contribution in [0.4, 0.5) is 0 Å². The Morgan fingerprint density at radius 3 is 2.11 bits per heavy atom. The van der Waals surface area contributed by atoms with Gasteiger partial charge < -0.3 is 5.11 Å². The molecule has 0 aromatic heterocycles. The Balaban J connectivity index is 2.97. The molecule has 0 amide bonds. The van der Waals surface area contributed by atoms with Crippen LogP contribution in [0.2, 0.25) is 0 Å². The average molecular weight is 126 g/mol. The van der Waals surface area contributed by atoms with Crippen LogP contribution in [0, 0.1) is 0 Å². The second kappa shape index (κ2) is 1.87. The number of hydrogen-bond donors (Lipinski definition) is 1. The number of hydrogen-bond acceptors (Lipinski definition) is 0. The molecule has 0 aromatic carbocycles. The molecule has 1 rings (SSSR count). The summed E-state index contributed by atoms with van der Waals surface area (Å²) in [5.41, 5.74) is 2.43. The predicted octanol–water partition coefficient (Wildman–Crippen LogP) is 1.28. The molecule has 0 spiro atoms. The molecule has 1 aliphatic rings. The van der Waals surface area contributed by atoms with Crippen molar-refractivity contribution in [1.82, 2.24) is 0 Å². The topological polar surface area (TPSA) is 23.2 Å². The van der Waals surface area contributed by atoms with Crippen molar-refractivity contribution in [2.45, 2.75) is 20.3 Å². The molecule has 0 saturated heterocycles. The lowest BCUT2D eigenvalue weighted by molar-refractivity contribution is -0.449. The molecule has 0 saturated carbocycles. The van der Waals surface area contributed by atoms with E-state index in [-0.39, 0.29) is 0 Å². The van der Waals surface area contributed by atoms with Crippen LogP contribution in [0.1, 0.15) is 20.3 Å². The zero-order valence-corrected chi connectivity index (χ0v) is 6.10. The van der Waals surface area contributed by atoms with E-state index >= 15 is 0 Å². The molecular weight excluding hydrogens is 114 g/mol. The van der Waals surface area contributed by atoms with Gasteiger partial charge in [-0.2, -0.15) is 4.58 Å². The Labute approximate surface area is 55.1 Å². The SMILES string of the molecule is CC1=C(C)[N+](C)=C(O)C1. The molecule has 0 radical (unpaired) electrons. The highest BCUT2D eigenvalue weighted by molar-refractivity contribution is 5.73. The fraction of sp³-hybridized carbons (Fsp3) is 0.571. The minimum Gasteiger partial charge on any atom is -0.463 e. The normalized spacial score (nSPS) is 19.9. The van der Waals surface area contributed by atoms with E-state index in [0.29, 0.717) is 5.90 Å². The summed E-state index contributed by atoms with van der Waals surface area (Å²) in [6, 6.07) is 0. The van der Waals surface area contributed by atoms with Gasteiger partial charge in [-0.1, -0.05) is 0 Å². The van der Waals surface area contributed by atoms with Crippen molar-refractivity contribution >= 4 is 5.90 Å². The van der Waals surface area contributed by atoms with Gasteiger partial charge in [0.1, 0.15) is 7.05 Å². The van der Waals surface area contributed by atoms with E-state index in [4.69, 9.17) is 5.11 Å². The molecule has 0 fully saturated rings. The first-order valence-corrected chi connectivity index (χ1v) is 3.08. The Kier molecular flexibility index (Phi) is 1.31. The Morgan fingerprint density at radius 1 is 1.44 bits per heavy atom. The van der Waals surface area contributed by atoms with Crippen LogP contribution in [0.25, 0.3) is 0 Å². The van der Waals surface area contributed by atoms with Crippen molar-refractivity contribution < 1.29 is 9.68 Å². The Bertz CT molecular complexity index is 179. The van der Waals surface area contributed by atoms with Crippen molar-refractivity contribution in [1.29, 1.82) is 0 Å². The maximum Gasteiger partial charge on any atom is 0.343 e. The largest absolute Gasteiger partial charge is 0.463 e. The zero-order valence-electron chi connectivity index (χ0n) is 6.10. The van der Waals surface area contributed by atoms with E-state index < -0.39 is 0 Å². The van der Waals surface area contributed by atoms with Gasteiger partial charge in [0.25, 0.3) is 0 Å². The van der Waals surface area contributed by atoms with E-state index in [0.717, 1.165) is 6.42 Å². The van der Waals surface area contributed by atoms with Gasteiger partial charge in [0.05, 0.1) is 6.42 Å². The Hall–Kier alpha value is -0.790. The first-order valence-electron chi connectivity index (χ1n) is 3.08. The van der Waals surface area contributed by atoms with Crippen molar-refractivity contribution in [3.63, 3.8) is 0 Å². The van der Waals surface area contributed by atoms with Gasteiger partial charge in [0.15, 0.2) is 5.70 Å². The van der Waals surface area contributed by atoms with Gasteiger partial charge in [0.2, 0.25) is 0 Å². The first kappa shape index (κ1) is 6.33. The molecule has 9 heavy (non-hydrogen) atoms. The summed E-state index contributed by atoms with van der Waals surface area (Å²) in [7, 11) is 1.88. The number of aliphatic hydroxyl groups excluding tert-OH is 1. The molecule has 2 heteroatoms. The fourth-order valence-corrected chi connectivity index (χ4v) is 0.964. The van der Waals surface area contributed by atoms with Crippen LogP contribution in [-0.4, -0.2) is 22.6 Å². The highest BCUT2D eigenvalue weighted by Crippen LogP contribution is 2.15. The standard InChI is InChI=1S/C7H11NO/c1-5-4-7(9)8(3)6(5)2/h4H2,1-3H3/p+1. The second-order valence-electron chi connectivity index (χ2n) is 2.52. The van der Waals surface area contributed by atoms with Crippen molar-refractivity contribution in [2.24, 2.45) is 0 Å². The molecule has 0 aromatic rings. The molecular formula is C7H12NO+. The highest BCUT2D eigenvalue weighted by Gasteiger charge is 2.22. The summed E-state index contributed by atoms with van der Waals surface area (Å²) >= 11 is 0. The second-order valence-corrected chi connectivity index (χ2v) is 2.52. The maximum absolute atomic E-state index is 9.14. The van der Waals surface area contributed by atoms with Gasteiger partial charge in [-0.15, -0.1) is 0 Å². The van der Waals surface area contributed by atoms with Gasteiger partial charge in [-0.25, -0.2) is 0 Å². The van der Waals surface area contributed by atoms with Gasteiger partial charge in [0, 0.05) is 12.5 Å². The van der Waals surface area contributed by atoms with Gasteiger partial charge in [-0.3, -0.25) is 0 Å². The molecule has 1 aliphatic heterocycles. The summed E-state index contributed by atoms with van der Waals surface area (Å²) < 4.78 is 1.81. The quantitative estimate of drug-likeness (QED) is 0.485. The number of rotatable bonds is 0. The number of allylic oxidation sites excluding steroid dienone is 1. The third-order valence-electron chi connectivity index (χ3n) is 1.93. The first-order chi connectivity index (χ1) is 4.13. The summed E-state index contributed by atoms with van der Waals surface area (Å²) in [5, 5.41) is 9.14. The summed E-state index contributed by atoms with van der Waals surface area (Å²) in [6.45, 7) is 4.05. The summed E-state index contributed by atoms with van der Waals surface area (Å²) in [5.74, 6) is 0.463. The van der Waals surface area contributed by atoms with Gasteiger partial charge >= 0.3 is 5.90 Å². The number of nitrogens with zero attached hydrogens (tertiary/aromatic N) is 1. The highest BCUT2D eigenvalue weighted by atomic mass is 16.3. The van der Waals surface area contributed by atoms with E-state index in [1.54, 1.807) is 0 Å². The van der Waals surface area contributed by atoms with Crippen LogP contribution >= 0.6 is 0 Å². The van der Waals surface area contributed by atoms with Crippen LogP contribution in [0.3, 0.4) is 0 Å². The molecule has 0 unspecified atom stereocenters. The van der Waals surface area contributed by atoms with E-state index in [2.05, 4.69) is 0 Å². The fourth-order valence-electron chi connectivity index (χ4n) is 0.964.